The third-order valence-electron chi connectivity index (χ3n) is 3.42. The van der Waals surface area contributed by atoms with Crippen LogP contribution in [0.3, 0.4) is 0 Å². The summed E-state index contributed by atoms with van der Waals surface area (Å²) in [4.78, 5) is 35.1. The van der Waals surface area contributed by atoms with Crippen LogP contribution in [0.4, 0.5) is 5.69 Å². The zero-order valence-corrected chi connectivity index (χ0v) is 13.8. The maximum atomic E-state index is 12.1. The number of rotatable bonds is 6. The van der Waals surface area contributed by atoms with Gasteiger partial charge in [0.25, 0.3) is 5.91 Å². The van der Waals surface area contributed by atoms with Gasteiger partial charge in [-0.25, -0.2) is 4.79 Å². The van der Waals surface area contributed by atoms with Crippen LogP contribution in [0, 0.1) is 0 Å². The maximum absolute atomic E-state index is 12.1. The highest BCUT2D eigenvalue weighted by Crippen LogP contribution is 2.14. The Balaban J connectivity index is 1.94. The smallest absolute Gasteiger partial charge is 0.338 e. The summed E-state index contributed by atoms with van der Waals surface area (Å²) in [5.74, 6) is -1.05. The molecule has 0 unspecified atom stereocenters. The summed E-state index contributed by atoms with van der Waals surface area (Å²) in [5, 5.41) is 2.59. The van der Waals surface area contributed by atoms with E-state index in [0.717, 1.165) is 0 Å². The van der Waals surface area contributed by atoms with Crippen LogP contribution < -0.4 is 15.8 Å². The first-order chi connectivity index (χ1) is 11.9. The summed E-state index contributed by atoms with van der Waals surface area (Å²) < 4.78 is 10.2. The fraction of sp³-hybridized carbons (Fsp3) is 0.167. The summed E-state index contributed by atoms with van der Waals surface area (Å²) in [5.41, 5.74) is 6.25. The van der Waals surface area contributed by atoms with Gasteiger partial charge in [0.15, 0.2) is 6.10 Å². The molecule has 0 aromatic heterocycles. The van der Waals surface area contributed by atoms with Crippen molar-refractivity contribution >= 4 is 23.5 Å². The number of methoxy groups -OCH3 is 1. The van der Waals surface area contributed by atoms with Gasteiger partial charge in [0.1, 0.15) is 5.75 Å². The fourth-order valence-corrected chi connectivity index (χ4v) is 1.97. The molecule has 0 fully saturated rings. The van der Waals surface area contributed by atoms with Gasteiger partial charge in [-0.1, -0.05) is 0 Å². The molecule has 1 atom stereocenters. The minimum atomic E-state index is -0.995. The number of benzene rings is 2. The SMILES string of the molecule is COc1ccc(C(=O)O[C@@H](C)C(=O)Nc2ccc(C(N)=O)cc2)cc1. The van der Waals surface area contributed by atoms with Gasteiger partial charge in [0.2, 0.25) is 5.91 Å². The molecule has 0 heterocycles. The molecule has 0 saturated heterocycles. The molecule has 2 rings (SSSR count). The van der Waals surface area contributed by atoms with E-state index in [2.05, 4.69) is 5.32 Å². The normalized spacial score (nSPS) is 11.3. The van der Waals surface area contributed by atoms with E-state index >= 15 is 0 Å². The lowest BCUT2D eigenvalue weighted by molar-refractivity contribution is -0.123. The van der Waals surface area contributed by atoms with Gasteiger partial charge >= 0.3 is 5.97 Å². The molecule has 0 spiro atoms. The Hall–Kier alpha value is -3.35. The number of nitrogens with one attached hydrogen (secondary N) is 1. The lowest BCUT2D eigenvalue weighted by Gasteiger charge is -2.14. The summed E-state index contributed by atoms with van der Waals surface area (Å²) in [6, 6.07) is 12.4. The molecule has 2 aromatic rings. The summed E-state index contributed by atoms with van der Waals surface area (Å²) in [7, 11) is 1.52. The van der Waals surface area contributed by atoms with Gasteiger partial charge in [0.05, 0.1) is 12.7 Å². The first kappa shape index (κ1) is 18.0. The predicted molar refractivity (Wildman–Crippen MR) is 91.5 cm³/mol. The second-order valence-corrected chi connectivity index (χ2v) is 5.21. The van der Waals surface area contributed by atoms with E-state index in [-0.39, 0.29) is 0 Å². The number of carbonyl (C=O) groups excluding carboxylic acids is 3. The van der Waals surface area contributed by atoms with Crippen LogP contribution in [0.15, 0.2) is 48.5 Å². The Morgan fingerprint density at radius 3 is 2.04 bits per heavy atom. The van der Waals surface area contributed by atoms with Crippen LogP contribution in [-0.2, 0) is 9.53 Å². The molecule has 0 bridgehead atoms. The van der Waals surface area contributed by atoms with Gasteiger partial charge in [-0.15, -0.1) is 0 Å². The molecule has 0 aliphatic rings. The Labute approximate surface area is 144 Å². The highest BCUT2D eigenvalue weighted by molar-refractivity contribution is 5.98. The largest absolute Gasteiger partial charge is 0.497 e. The minimum Gasteiger partial charge on any atom is -0.497 e. The molecule has 130 valence electrons. The number of nitrogens with two attached hydrogens (primary N) is 1. The monoisotopic (exact) mass is 342 g/mol. The molecule has 2 aromatic carbocycles. The number of anilines is 1. The number of ether oxygens (including phenoxy) is 2. The summed E-state index contributed by atoms with van der Waals surface area (Å²) >= 11 is 0. The van der Waals surface area contributed by atoms with Crippen molar-refractivity contribution in [3.8, 4) is 5.75 Å². The van der Waals surface area contributed by atoms with E-state index in [1.54, 1.807) is 24.3 Å². The molecule has 7 nitrogen and oxygen atoms in total. The maximum Gasteiger partial charge on any atom is 0.338 e. The molecular formula is C18H18N2O5. The van der Waals surface area contributed by atoms with Crippen LogP contribution in [0.25, 0.3) is 0 Å². The van der Waals surface area contributed by atoms with Crippen molar-refractivity contribution in [1.29, 1.82) is 0 Å². The number of hydrogen-bond donors (Lipinski definition) is 2. The lowest BCUT2D eigenvalue weighted by atomic mass is 10.2. The topological polar surface area (TPSA) is 108 Å². The molecule has 3 N–H and O–H groups in total. The number of amides is 2. The van der Waals surface area contributed by atoms with Crippen molar-refractivity contribution in [2.24, 2.45) is 5.73 Å². The van der Waals surface area contributed by atoms with Gasteiger partial charge < -0.3 is 20.5 Å². The van der Waals surface area contributed by atoms with Gasteiger partial charge in [-0.2, -0.15) is 0 Å². The number of carbonyl (C=O) groups is 3. The third kappa shape index (κ3) is 4.81. The second-order valence-electron chi connectivity index (χ2n) is 5.21. The van der Waals surface area contributed by atoms with Crippen LogP contribution >= 0.6 is 0 Å². The average Bonchev–Trinajstić information content (AvgIpc) is 2.62. The van der Waals surface area contributed by atoms with E-state index in [9.17, 15) is 14.4 Å². The van der Waals surface area contributed by atoms with Crippen molar-refractivity contribution < 1.29 is 23.9 Å². The van der Waals surface area contributed by atoms with Crippen molar-refractivity contribution in [1.82, 2.24) is 0 Å². The highest BCUT2D eigenvalue weighted by Gasteiger charge is 2.19. The zero-order chi connectivity index (χ0) is 18.4. The van der Waals surface area contributed by atoms with E-state index in [4.69, 9.17) is 15.2 Å². The molecule has 0 aliphatic carbocycles. The molecular weight excluding hydrogens is 324 g/mol. The van der Waals surface area contributed by atoms with Crippen molar-refractivity contribution in [2.75, 3.05) is 12.4 Å². The first-order valence-corrected chi connectivity index (χ1v) is 7.46. The Morgan fingerprint density at radius 1 is 0.960 bits per heavy atom. The standard InChI is InChI=1S/C18H18N2O5/c1-11(25-18(23)13-5-9-15(24-2)10-6-13)17(22)20-14-7-3-12(4-8-14)16(19)21/h3-11H,1-2H3,(H2,19,21)(H,20,22)/t11-/m0/s1. The quantitative estimate of drug-likeness (QED) is 0.781. The Kier molecular flexibility index (Phi) is 5.73. The highest BCUT2D eigenvalue weighted by atomic mass is 16.5. The van der Waals surface area contributed by atoms with Crippen LogP contribution in [0.1, 0.15) is 27.6 Å². The molecule has 7 heteroatoms. The molecule has 0 radical (unpaired) electrons. The number of hydrogen-bond acceptors (Lipinski definition) is 5. The van der Waals surface area contributed by atoms with Crippen LogP contribution in [0.5, 0.6) is 5.75 Å². The van der Waals surface area contributed by atoms with E-state index < -0.39 is 23.9 Å². The van der Waals surface area contributed by atoms with Crippen LogP contribution in [-0.4, -0.2) is 31.0 Å². The Morgan fingerprint density at radius 2 is 1.52 bits per heavy atom. The third-order valence-corrected chi connectivity index (χ3v) is 3.42. The van der Waals surface area contributed by atoms with Crippen molar-refractivity contribution in [3.05, 3.63) is 59.7 Å². The molecule has 0 aliphatic heterocycles. The zero-order valence-electron chi connectivity index (χ0n) is 13.8. The number of primary amides is 1. The van der Waals surface area contributed by atoms with Crippen molar-refractivity contribution in [2.45, 2.75) is 13.0 Å². The summed E-state index contributed by atoms with van der Waals surface area (Å²) in [6.07, 6.45) is -0.995. The van der Waals surface area contributed by atoms with Gasteiger partial charge in [-0.3, -0.25) is 9.59 Å². The fourth-order valence-electron chi connectivity index (χ4n) is 1.97. The molecule has 0 saturated carbocycles. The van der Waals surface area contributed by atoms with Gasteiger partial charge in [-0.05, 0) is 55.5 Å². The minimum absolute atomic E-state index is 0.311. The lowest BCUT2D eigenvalue weighted by Crippen LogP contribution is -2.30. The van der Waals surface area contributed by atoms with Crippen LogP contribution in [0.2, 0.25) is 0 Å². The summed E-state index contributed by atoms with van der Waals surface area (Å²) in [6.45, 7) is 1.47. The van der Waals surface area contributed by atoms with E-state index in [1.165, 1.54) is 38.3 Å². The predicted octanol–water partition coefficient (Wildman–Crippen LogP) is 1.98. The molecule has 2 amide bonds. The second kappa shape index (κ2) is 7.96. The molecule has 25 heavy (non-hydrogen) atoms. The Bertz CT molecular complexity index is 769. The average molecular weight is 342 g/mol. The van der Waals surface area contributed by atoms with E-state index in [0.29, 0.717) is 22.6 Å². The first-order valence-electron chi connectivity index (χ1n) is 7.46. The van der Waals surface area contributed by atoms with Crippen molar-refractivity contribution in [3.63, 3.8) is 0 Å². The van der Waals surface area contributed by atoms with E-state index in [1.807, 2.05) is 0 Å². The van der Waals surface area contributed by atoms with Gasteiger partial charge in [0, 0.05) is 11.3 Å². The number of esters is 1.